The van der Waals surface area contributed by atoms with Crippen molar-refractivity contribution in [2.75, 3.05) is 11.9 Å². The predicted octanol–water partition coefficient (Wildman–Crippen LogP) is 16.4. The molecule has 0 aliphatic rings. The van der Waals surface area contributed by atoms with Gasteiger partial charge in [0.25, 0.3) is 6.01 Å². The molecule has 6 aromatic carbocycles. The van der Waals surface area contributed by atoms with Gasteiger partial charge in [-0.2, -0.15) is 26.3 Å². The number of Topliss-reactive ketones (excluding diaryl/α,β-unsaturated/α-hetero) is 1. The zero-order valence-corrected chi connectivity index (χ0v) is 42.6. The van der Waals surface area contributed by atoms with Gasteiger partial charge in [0.2, 0.25) is 0 Å². The second-order valence-corrected chi connectivity index (χ2v) is 18.1. The van der Waals surface area contributed by atoms with Crippen LogP contribution in [0.15, 0.2) is 214 Å². The molecule has 3 aromatic heterocycles. The summed E-state index contributed by atoms with van der Waals surface area (Å²) in [5, 5.41) is 7.03. The molecule has 0 radical (unpaired) electrons. The summed E-state index contributed by atoms with van der Waals surface area (Å²) in [6, 6.07) is 47.0. The molecule has 0 spiro atoms. The third-order valence-electron chi connectivity index (χ3n) is 11.8. The number of pyridine rings is 2. The second-order valence-electron chi connectivity index (χ2n) is 17.1. The van der Waals surface area contributed by atoms with Gasteiger partial charge in [-0.25, -0.2) is 18.1 Å². The van der Waals surface area contributed by atoms with Gasteiger partial charge in [0.1, 0.15) is 22.7 Å². The molecule has 1 N–H and O–H groups in total. The summed E-state index contributed by atoms with van der Waals surface area (Å²) in [4.78, 5) is 26.6. The van der Waals surface area contributed by atoms with Crippen LogP contribution in [-0.4, -0.2) is 27.3 Å². The number of halogens is 10. The Morgan fingerprint density at radius 3 is 1.56 bits per heavy atom. The number of ketones is 1. The molecule has 0 saturated carbocycles. The van der Waals surface area contributed by atoms with E-state index in [1.807, 2.05) is 54.6 Å². The van der Waals surface area contributed by atoms with Gasteiger partial charge in [-0.3, -0.25) is 14.8 Å². The highest BCUT2D eigenvalue weighted by atomic mass is 35.5. The Balaban J connectivity index is 0.000000192. The van der Waals surface area contributed by atoms with Crippen LogP contribution in [0.25, 0.3) is 21.8 Å². The van der Waals surface area contributed by atoms with Gasteiger partial charge in [0, 0.05) is 53.7 Å². The lowest BCUT2D eigenvalue weighted by molar-refractivity contribution is -0.138. The first-order valence-corrected chi connectivity index (χ1v) is 24.3. The van der Waals surface area contributed by atoms with Crippen molar-refractivity contribution in [2.24, 2.45) is 9.48 Å². The number of carbonyl (C=O) groups is 1. The third-order valence-corrected chi connectivity index (χ3v) is 12.5. The van der Waals surface area contributed by atoms with E-state index in [4.69, 9.17) is 45.6 Å². The molecule has 396 valence electrons. The number of nitrogens with zero attached hydrogens (tertiary/aromatic N) is 7. The van der Waals surface area contributed by atoms with E-state index in [-0.39, 0.29) is 48.0 Å². The average molecular weight is 1120 g/mol. The second kappa shape index (κ2) is 25.7. The number of anilines is 1. The number of aromatic nitrogens is 3. The molecule has 0 aliphatic heterocycles. The fourth-order valence-corrected chi connectivity index (χ4v) is 8.58. The van der Waals surface area contributed by atoms with Crippen molar-refractivity contribution < 1.29 is 44.3 Å². The minimum absolute atomic E-state index is 0.0111. The standard InChI is InChI=1S/C29H20ClF4N3O.C20H13ClF4N2S.C8H7N3O/c30-23-11-12-26(35-17-23)28(16-19-7-3-1-4-8-19,21-13-22(29(32,33)34)15-24(31)14-21)37-27-36-18-25(38-27)20-9-5-2-6-10-20;21-16-6-7-18(26-12-16)19(27-28,11-13-4-2-1-3-5-13)14-8-15(20(23,24)25)10-17(22)9-14;9-11-10-6-8(12)7-4-2-1-3-5-7/h1-15,17-18H,16H2,(H,36,37);1-10,12H,11H2;1-5H,6H2. The lowest BCUT2D eigenvalue weighted by Crippen LogP contribution is -2.40. The monoisotopic (exact) mass is 1120 g/mol. The van der Waals surface area contributed by atoms with E-state index < -0.39 is 46.2 Å². The Hall–Kier alpha value is -8.35. The van der Waals surface area contributed by atoms with Gasteiger partial charge >= 0.3 is 12.4 Å². The van der Waals surface area contributed by atoms with Crippen molar-refractivity contribution in [1.82, 2.24) is 15.0 Å². The zero-order chi connectivity index (χ0) is 55.9. The van der Waals surface area contributed by atoms with Crippen LogP contribution < -0.4 is 5.32 Å². The Morgan fingerprint density at radius 1 is 0.590 bits per heavy atom. The molecule has 3 heterocycles. The number of alkyl halides is 6. The van der Waals surface area contributed by atoms with Crippen molar-refractivity contribution >= 4 is 47.4 Å². The molecule has 78 heavy (non-hydrogen) atoms. The molecule has 2 unspecified atom stereocenters. The van der Waals surface area contributed by atoms with Crippen LogP contribution in [-0.2, 0) is 48.7 Å². The fraction of sp³-hybridized carbons (Fsp3) is 0.123. The van der Waals surface area contributed by atoms with E-state index in [9.17, 15) is 39.9 Å². The van der Waals surface area contributed by atoms with Gasteiger partial charge in [0.05, 0.1) is 45.3 Å². The number of carbonyl (C=O) groups excluding carboxylic acids is 1. The lowest BCUT2D eigenvalue weighted by Gasteiger charge is -2.35. The van der Waals surface area contributed by atoms with Crippen LogP contribution in [0.3, 0.4) is 0 Å². The first-order valence-electron chi connectivity index (χ1n) is 23.1. The summed E-state index contributed by atoms with van der Waals surface area (Å²) in [6.45, 7) is -0.111. The first-order chi connectivity index (χ1) is 37.3. The zero-order valence-electron chi connectivity index (χ0n) is 40.3. The van der Waals surface area contributed by atoms with Crippen LogP contribution in [0.1, 0.15) is 55.1 Å². The lowest BCUT2D eigenvalue weighted by atomic mass is 9.80. The fourth-order valence-electron chi connectivity index (χ4n) is 8.09. The summed E-state index contributed by atoms with van der Waals surface area (Å²) in [6.07, 6.45) is -5.06. The number of oxazole rings is 1. The molecule has 0 saturated heterocycles. The highest BCUT2D eigenvalue weighted by Gasteiger charge is 2.42. The molecule has 9 rings (SSSR count). The Bertz CT molecular complexity index is 3490. The Labute approximate surface area is 456 Å². The molecule has 0 amide bonds. The highest BCUT2D eigenvalue weighted by Crippen LogP contribution is 2.42. The smallest absolute Gasteiger partial charge is 0.416 e. The van der Waals surface area contributed by atoms with Gasteiger partial charge in [-0.15, -0.1) is 0 Å². The van der Waals surface area contributed by atoms with Crippen LogP contribution in [0, 0.1) is 11.6 Å². The van der Waals surface area contributed by atoms with E-state index in [2.05, 4.69) is 34.7 Å². The maximum absolute atomic E-state index is 14.8. The summed E-state index contributed by atoms with van der Waals surface area (Å²) < 4.78 is 120. The SMILES string of the molecule is Fc1cc(C(F)(F)F)cc(C(Cc2ccccc2)(N=S)c2ccc(Cl)cn2)c1.Fc1cc(C(F)(F)F)cc(C(Cc2ccccc2)(Nc2ncc(-c3ccccc3)o2)c2ccc(Cl)cn2)c1.[N-]=[N+]=NCC(=O)c1ccccc1. The molecular weight excluding hydrogens is 1080 g/mol. The van der Waals surface area contributed by atoms with Crippen LogP contribution in [0.5, 0.6) is 0 Å². The number of hydrogen-bond acceptors (Lipinski definition) is 9. The van der Waals surface area contributed by atoms with Gasteiger partial charge in [0.15, 0.2) is 11.5 Å². The predicted molar refractivity (Wildman–Crippen MR) is 283 cm³/mol. The van der Waals surface area contributed by atoms with Crippen molar-refractivity contribution in [1.29, 1.82) is 0 Å². The normalized spacial score (nSPS) is 12.7. The topological polar surface area (TPSA) is 142 Å². The van der Waals surface area contributed by atoms with Crippen molar-refractivity contribution in [2.45, 2.75) is 36.3 Å². The van der Waals surface area contributed by atoms with Gasteiger partial charge in [-0.05, 0) is 88.4 Å². The molecule has 0 aliphatic carbocycles. The number of hydrogen-bond donors (Lipinski definition) is 1. The van der Waals surface area contributed by atoms with Crippen molar-refractivity contribution in [3.8, 4) is 11.3 Å². The van der Waals surface area contributed by atoms with Crippen molar-refractivity contribution in [3.63, 3.8) is 0 Å². The quantitative estimate of drug-likeness (QED) is 0.0354. The number of benzene rings is 6. The third kappa shape index (κ3) is 14.8. The average Bonchev–Trinajstić information content (AvgIpc) is 3.96. The van der Waals surface area contributed by atoms with E-state index in [0.29, 0.717) is 39.2 Å². The molecular formula is C57H40Cl2F8N8O2S. The molecule has 10 nitrogen and oxygen atoms in total. The van der Waals surface area contributed by atoms with Crippen LogP contribution in [0.2, 0.25) is 10.0 Å². The first kappa shape index (κ1) is 57.4. The molecule has 21 heteroatoms. The number of azide groups is 1. The maximum Gasteiger partial charge on any atom is 0.416 e. The van der Waals surface area contributed by atoms with Gasteiger partial charge < -0.3 is 9.73 Å². The van der Waals surface area contributed by atoms with Gasteiger partial charge in [-0.1, -0.05) is 150 Å². The minimum atomic E-state index is -4.77. The van der Waals surface area contributed by atoms with Crippen LogP contribution in [0.4, 0.5) is 41.1 Å². The summed E-state index contributed by atoms with van der Waals surface area (Å²) >= 11 is 17.0. The summed E-state index contributed by atoms with van der Waals surface area (Å²) in [7, 11) is 0. The molecule has 2 atom stereocenters. The van der Waals surface area contributed by atoms with E-state index >= 15 is 0 Å². The Morgan fingerprint density at radius 2 is 1.06 bits per heavy atom. The molecule has 0 fully saturated rings. The number of nitrogens with one attached hydrogen (secondary N) is 1. The van der Waals surface area contributed by atoms with E-state index in [1.54, 1.807) is 78.9 Å². The van der Waals surface area contributed by atoms with E-state index in [0.717, 1.165) is 41.0 Å². The number of rotatable bonds is 15. The van der Waals surface area contributed by atoms with Crippen LogP contribution >= 0.6 is 23.2 Å². The minimum Gasteiger partial charge on any atom is -0.424 e. The van der Waals surface area contributed by atoms with E-state index in [1.165, 1.54) is 30.7 Å². The summed E-state index contributed by atoms with van der Waals surface area (Å²) in [5.74, 6) is -1.79. The summed E-state index contributed by atoms with van der Waals surface area (Å²) in [5.41, 5.74) is 6.07. The highest BCUT2D eigenvalue weighted by molar-refractivity contribution is 7.47. The van der Waals surface area contributed by atoms with Crippen molar-refractivity contribution in [3.05, 3.63) is 283 Å². The molecule has 9 aromatic rings. The molecule has 0 bridgehead atoms. The Kier molecular flexibility index (Phi) is 18.9. The largest absolute Gasteiger partial charge is 0.424 e. The maximum atomic E-state index is 14.8.